The van der Waals surface area contributed by atoms with Crippen molar-refractivity contribution in [3.05, 3.63) is 52.5 Å². The lowest BCUT2D eigenvalue weighted by Crippen LogP contribution is -2.29. The molecule has 0 saturated carbocycles. The zero-order chi connectivity index (χ0) is 18.1. The summed E-state index contributed by atoms with van der Waals surface area (Å²) in [7, 11) is -4.05. The predicted octanol–water partition coefficient (Wildman–Crippen LogP) is 2.60. The number of hydrogen-bond donors (Lipinski definition) is 2. The largest absolute Gasteiger partial charge is 0.464 e. The van der Waals surface area contributed by atoms with Crippen molar-refractivity contribution in [1.82, 2.24) is 5.32 Å². The molecule has 0 spiro atoms. The van der Waals surface area contributed by atoms with Crippen LogP contribution in [0.2, 0.25) is 0 Å². The van der Waals surface area contributed by atoms with E-state index in [-0.39, 0.29) is 28.0 Å². The molecule has 2 rings (SSSR count). The van der Waals surface area contributed by atoms with Gasteiger partial charge in [0.1, 0.15) is 22.0 Å². The van der Waals surface area contributed by atoms with Gasteiger partial charge in [-0.1, -0.05) is 31.2 Å². The number of benzene rings is 1. The molecular formula is C17H22N2O4S. The number of sulfonamides is 1. The van der Waals surface area contributed by atoms with Crippen molar-refractivity contribution in [2.75, 3.05) is 0 Å². The molecule has 0 unspecified atom stereocenters. The van der Waals surface area contributed by atoms with Gasteiger partial charge in [0.15, 0.2) is 0 Å². The van der Waals surface area contributed by atoms with E-state index in [1.54, 1.807) is 0 Å². The minimum atomic E-state index is -4.05. The number of amides is 1. The van der Waals surface area contributed by atoms with E-state index in [9.17, 15) is 13.2 Å². The molecule has 0 bridgehead atoms. The lowest BCUT2D eigenvalue weighted by molar-refractivity contribution is 0.0935. The third-order valence-corrected chi connectivity index (χ3v) is 5.01. The van der Waals surface area contributed by atoms with Crippen LogP contribution in [0, 0.1) is 13.8 Å². The normalized spacial score (nSPS) is 12.9. The minimum absolute atomic E-state index is 0.0352. The lowest BCUT2D eigenvalue weighted by Gasteiger charge is -2.15. The van der Waals surface area contributed by atoms with Gasteiger partial charge in [0.05, 0.1) is 6.04 Å². The van der Waals surface area contributed by atoms with E-state index < -0.39 is 15.9 Å². The van der Waals surface area contributed by atoms with Crippen LogP contribution in [-0.2, 0) is 16.4 Å². The van der Waals surface area contributed by atoms with E-state index in [1.807, 2.05) is 31.2 Å². The van der Waals surface area contributed by atoms with Gasteiger partial charge in [-0.3, -0.25) is 4.79 Å². The fourth-order valence-electron chi connectivity index (χ4n) is 2.66. The first-order chi connectivity index (χ1) is 11.1. The van der Waals surface area contributed by atoms with Crippen molar-refractivity contribution >= 4 is 15.9 Å². The van der Waals surface area contributed by atoms with Gasteiger partial charge in [-0.15, -0.1) is 0 Å². The summed E-state index contributed by atoms with van der Waals surface area (Å²) in [6.07, 6.45) is 0.937. The Bertz CT molecular complexity index is 851. The van der Waals surface area contributed by atoms with Gasteiger partial charge in [0.25, 0.3) is 5.91 Å². The average Bonchev–Trinajstić information content (AvgIpc) is 2.81. The van der Waals surface area contributed by atoms with Gasteiger partial charge in [0.2, 0.25) is 10.0 Å². The number of nitrogens with two attached hydrogens (primary N) is 1. The fraction of sp³-hybridized carbons (Fsp3) is 0.353. The maximum absolute atomic E-state index is 12.6. The lowest BCUT2D eigenvalue weighted by atomic mass is 10.0. The molecule has 0 radical (unpaired) electrons. The minimum Gasteiger partial charge on any atom is -0.464 e. The Morgan fingerprint density at radius 1 is 1.21 bits per heavy atom. The van der Waals surface area contributed by atoms with Crippen LogP contribution in [0.15, 0.2) is 33.6 Å². The highest BCUT2D eigenvalue weighted by molar-refractivity contribution is 7.89. The molecule has 7 heteroatoms. The third-order valence-electron chi connectivity index (χ3n) is 3.95. The summed E-state index contributed by atoms with van der Waals surface area (Å²) in [5, 5.41) is 8.01. The van der Waals surface area contributed by atoms with Gasteiger partial charge in [0, 0.05) is 0 Å². The molecule has 3 N–H and O–H groups in total. The van der Waals surface area contributed by atoms with Crippen molar-refractivity contribution in [1.29, 1.82) is 0 Å². The molecule has 130 valence electrons. The summed E-state index contributed by atoms with van der Waals surface area (Å²) in [4.78, 5) is 12.3. The summed E-state index contributed by atoms with van der Waals surface area (Å²) in [5.74, 6) is -0.192. The number of carbonyl (C=O) groups is 1. The standard InChI is InChI=1S/C17H22N2O4S/c1-5-13-6-8-14(9-7-13)10(2)19-17(20)15-11(3)23-12(4)16(15)24(18,21)22/h6-10H,5H2,1-4H3,(H,19,20)(H2,18,21,22)/t10-/m0/s1. The van der Waals surface area contributed by atoms with Crippen molar-refractivity contribution in [3.63, 3.8) is 0 Å². The van der Waals surface area contributed by atoms with Crippen LogP contribution in [0.5, 0.6) is 0 Å². The molecule has 6 nitrogen and oxygen atoms in total. The van der Waals surface area contributed by atoms with Gasteiger partial charge in [-0.05, 0) is 38.3 Å². The molecule has 0 aliphatic carbocycles. The zero-order valence-electron chi connectivity index (χ0n) is 14.2. The molecular weight excluding hydrogens is 328 g/mol. The van der Waals surface area contributed by atoms with Crippen LogP contribution in [0.3, 0.4) is 0 Å². The summed E-state index contributed by atoms with van der Waals surface area (Å²) in [6.45, 7) is 6.91. The van der Waals surface area contributed by atoms with E-state index >= 15 is 0 Å². The van der Waals surface area contributed by atoms with E-state index in [0.717, 1.165) is 12.0 Å². The van der Waals surface area contributed by atoms with E-state index in [4.69, 9.17) is 9.56 Å². The SMILES string of the molecule is CCc1ccc([C@H](C)NC(=O)c2c(C)oc(C)c2S(N)(=O)=O)cc1. The number of nitrogens with one attached hydrogen (secondary N) is 1. The highest BCUT2D eigenvalue weighted by Gasteiger charge is 2.29. The topological polar surface area (TPSA) is 102 Å². The first-order valence-corrected chi connectivity index (χ1v) is 9.22. The van der Waals surface area contributed by atoms with Crippen LogP contribution < -0.4 is 10.5 Å². The molecule has 0 fully saturated rings. The number of hydrogen-bond acceptors (Lipinski definition) is 4. The second-order valence-electron chi connectivity index (χ2n) is 5.75. The molecule has 2 aromatic rings. The summed E-state index contributed by atoms with van der Waals surface area (Å²) in [5.41, 5.74) is 2.10. The van der Waals surface area contributed by atoms with Gasteiger partial charge in [-0.2, -0.15) is 0 Å². The first kappa shape index (κ1) is 18.2. The average molecular weight is 350 g/mol. The number of rotatable bonds is 5. The van der Waals surface area contributed by atoms with Crippen LogP contribution in [-0.4, -0.2) is 14.3 Å². The van der Waals surface area contributed by atoms with E-state index in [2.05, 4.69) is 12.2 Å². The number of furan rings is 1. The Kier molecular flexibility index (Phi) is 5.15. The summed E-state index contributed by atoms with van der Waals surface area (Å²) < 4.78 is 28.8. The zero-order valence-corrected chi connectivity index (χ0v) is 15.0. The van der Waals surface area contributed by atoms with Gasteiger partial charge < -0.3 is 9.73 Å². The van der Waals surface area contributed by atoms with Crippen molar-refractivity contribution in [2.24, 2.45) is 5.14 Å². The quantitative estimate of drug-likeness (QED) is 0.865. The highest BCUT2D eigenvalue weighted by Crippen LogP contribution is 2.26. The molecule has 1 amide bonds. The second kappa shape index (κ2) is 6.78. The monoisotopic (exact) mass is 350 g/mol. The molecule has 0 aliphatic heterocycles. The smallest absolute Gasteiger partial charge is 0.256 e. The van der Waals surface area contributed by atoms with Gasteiger partial charge in [-0.25, -0.2) is 13.6 Å². The molecule has 1 atom stereocenters. The summed E-state index contributed by atoms with van der Waals surface area (Å²) >= 11 is 0. The second-order valence-corrected chi connectivity index (χ2v) is 7.25. The third kappa shape index (κ3) is 3.68. The molecule has 24 heavy (non-hydrogen) atoms. The Morgan fingerprint density at radius 2 is 1.79 bits per heavy atom. The molecule has 1 aromatic heterocycles. The van der Waals surface area contributed by atoms with E-state index in [1.165, 1.54) is 19.4 Å². The maximum Gasteiger partial charge on any atom is 0.256 e. The fourth-order valence-corrected chi connectivity index (χ4v) is 3.63. The molecule has 0 aliphatic rings. The van der Waals surface area contributed by atoms with Crippen LogP contribution >= 0.6 is 0 Å². The van der Waals surface area contributed by atoms with Crippen LogP contribution in [0.1, 0.15) is 52.9 Å². The maximum atomic E-state index is 12.6. The van der Waals surface area contributed by atoms with Crippen LogP contribution in [0.25, 0.3) is 0 Å². The van der Waals surface area contributed by atoms with Crippen molar-refractivity contribution in [3.8, 4) is 0 Å². The Morgan fingerprint density at radius 3 is 2.29 bits per heavy atom. The summed E-state index contributed by atoms with van der Waals surface area (Å²) in [6, 6.07) is 7.60. The van der Waals surface area contributed by atoms with Crippen LogP contribution in [0.4, 0.5) is 0 Å². The first-order valence-electron chi connectivity index (χ1n) is 7.67. The predicted molar refractivity (Wildman–Crippen MR) is 91.3 cm³/mol. The Labute approximate surface area is 142 Å². The Balaban J connectivity index is 2.30. The molecule has 0 saturated heterocycles. The molecule has 1 heterocycles. The Hall–Kier alpha value is -2.12. The molecule has 1 aromatic carbocycles. The number of primary sulfonamides is 1. The highest BCUT2D eigenvalue weighted by atomic mass is 32.2. The van der Waals surface area contributed by atoms with Gasteiger partial charge >= 0.3 is 0 Å². The van der Waals surface area contributed by atoms with Crippen molar-refractivity contribution < 1.29 is 17.6 Å². The van der Waals surface area contributed by atoms with E-state index in [0.29, 0.717) is 0 Å². The number of aryl methyl sites for hydroxylation is 3. The van der Waals surface area contributed by atoms with Crippen molar-refractivity contribution in [2.45, 2.75) is 45.1 Å². The number of carbonyl (C=O) groups excluding carboxylic acids is 1.